The van der Waals surface area contributed by atoms with Crippen molar-refractivity contribution < 1.29 is 29.3 Å². The molecule has 1 aromatic rings. The van der Waals surface area contributed by atoms with Crippen LogP contribution in [0.2, 0.25) is 0 Å². The number of carbonyl (C=O) groups excluding carboxylic acids is 2. The normalized spacial score (nSPS) is 24.2. The molecule has 0 bridgehead atoms. The molecule has 2 fully saturated rings. The molecule has 1 aliphatic carbocycles. The number of imidazole rings is 1. The molecular formula is C20H32N4O6. The lowest BCUT2D eigenvalue weighted by Crippen LogP contribution is -2.51. The van der Waals surface area contributed by atoms with E-state index in [2.05, 4.69) is 15.6 Å². The summed E-state index contributed by atoms with van der Waals surface area (Å²) in [5.74, 6) is -0.230. The summed E-state index contributed by atoms with van der Waals surface area (Å²) in [4.78, 5) is 37.2. The molecule has 3 rings (SSSR count). The quantitative estimate of drug-likeness (QED) is 0.361. The molecule has 1 saturated carbocycles. The van der Waals surface area contributed by atoms with Gasteiger partial charge in [0.15, 0.2) is 0 Å². The predicted molar refractivity (Wildman–Crippen MR) is 107 cm³/mol. The van der Waals surface area contributed by atoms with Crippen molar-refractivity contribution in [3.63, 3.8) is 0 Å². The van der Waals surface area contributed by atoms with Crippen LogP contribution in [0.3, 0.4) is 0 Å². The summed E-state index contributed by atoms with van der Waals surface area (Å²) in [5, 5.41) is 23.1. The largest absolute Gasteiger partial charge is 0.483 e. The van der Waals surface area contributed by atoms with Crippen LogP contribution in [0.15, 0.2) is 18.7 Å². The van der Waals surface area contributed by atoms with Gasteiger partial charge in [0.1, 0.15) is 0 Å². The molecule has 3 atom stereocenters. The van der Waals surface area contributed by atoms with Crippen molar-refractivity contribution in [1.29, 1.82) is 0 Å². The standard InChI is InChI=1S/C19H30N4O4.CH2O2/c24-17-3-2-15(18(25)21-6-1-8-23-9-7-20-13-23)12-16(17)22-19(26)14-4-10-27-11-5-14;2-1-3/h7,9,13-17,24H,1-6,8,10-12H2,(H,21,25)(H,22,26);1H,(H,2,3)/t15-,16+,17+;/m0./s1. The lowest BCUT2D eigenvalue weighted by Gasteiger charge is -2.34. The van der Waals surface area contributed by atoms with Crippen molar-refractivity contribution in [2.24, 2.45) is 11.8 Å². The van der Waals surface area contributed by atoms with Gasteiger partial charge in [-0.3, -0.25) is 14.4 Å². The number of carboxylic acid groups (broad SMARTS) is 1. The van der Waals surface area contributed by atoms with Crippen molar-refractivity contribution >= 4 is 18.3 Å². The number of nitrogens with one attached hydrogen (secondary N) is 2. The Morgan fingerprint density at radius 1 is 1.17 bits per heavy atom. The second kappa shape index (κ2) is 13.0. The van der Waals surface area contributed by atoms with Crippen molar-refractivity contribution in [1.82, 2.24) is 20.2 Å². The smallest absolute Gasteiger partial charge is 0.290 e. The first kappa shape index (κ1) is 23.8. The highest BCUT2D eigenvalue weighted by Gasteiger charge is 2.35. The zero-order valence-corrected chi connectivity index (χ0v) is 17.1. The third kappa shape index (κ3) is 7.75. The number of hydrogen-bond acceptors (Lipinski definition) is 6. The first-order valence-corrected chi connectivity index (χ1v) is 10.4. The molecule has 4 N–H and O–H groups in total. The van der Waals surface area contributed by atoms with Crippen LogP contribution < -0.4 is 10.6 Å². The zero-order valence-electron chi connectivity index (χ0n) is 17.1. The summed E-state index contributed by atoms with van der Waals surface area (Å²) in [6, 6.07) is -0.351. The number of nitrogens with zero attached hydrogens (tertiary/aromatic N) is 2. The molecular weight excluding hydrogens is 392 g/mol. The van der Waals surface area contributed by atoms with Crippen LogP contribution in [0.25, 0.3) is 0 Å². The first-order chi connectivity index (χ1) is 14.5. The molecule has 1 saturated heterocycles. The van der Waals surface area contributed by atoms with E-state index in [0.717, 1.165) is 25.8 Å². The van der Waals surface area contributed by atoms with Gasteiger partial charge in [0.2, 0.25) is 11.8 Å². The Labute approximate surface area is 176 Å². The van der Waals surface area contributed by atoms with Crippen LogP contribution in [-0.4, -0.2) is 70.0 Å². The zero-order chi connectivity index (χ0) is 21.8. The Kier molecular flexibility index (Phi) is 10.3. The fourth-order valence-corrected chi connectivity index (χ4v) is 3.84. The monoisotopic (exact) mass is 424 g/mol. The summed E-state index contributed by atoms with van der Waals surface area (Å²) in [6.45, 7) is 2.38. The van der Waals surface area contributed by atoms with Crippen LogP contribution >= 0.6 is 0 Å². The molecule has 30 heavy (non-hydrogen) atoms. The second-order valence-corrected chi connectivity index (χ2v) is 7.63. The van der Waals surface area contributed by atoms with Gasteiger partial charge in [-0.15, -0.1) is 0 Å². The Morgan fingerprint density at radius 3 is 2.57 bits per heavy atom. The molecule has 0 unspecified atom stereocenters. The number of hydrogen-bond donors (Lipinski definition) is 4. The Morgan fingerprint density at radius 2 is 1.90 bits per heavy atom. The van der Waals surface area contributed by atoms with Crippen molar-refractivity contribution in [2.75, 3.05) is 19.8 Å². The molecule has 10 nitrogen and oxygen atoms in total. The minimum atomic E-state index is -0.584. The Balaban J connectivity index is 0.00000101. The number of aromatic nitrogens is 2. The Hall–Kier alpha value is -2.46. The lowest BCUT2D eigenvalue weighted by atomic mass is 9.82. The fourth-order valence-electron chi connectivity index (χ4n) is 3.84. The summed E-state index contributed by atoms with van der Waals surface area (Å²) in [5.41, 5.74) is 0. The van der Waals surface area contributed by atoms with Crippen LogP contribution in [-0.2, 0) is 25.7 Å². The van der Waals surface area contributed by atoms with Gasteiger partial charge in [0, 0.05) is 50.5 Å². The number of rotatable bonds is 7. The molecule has 1 aromatic heterocycles. The van der Waals surface area contributed by atoms with E-state index in [1.54, 1.807) is 12.5 Å². The van der Waals surface area contributed by atoms with E-state index < -0.39 is 6.10 Å². The van der Waals surface area contributed by atoms with Crippen LogP contribution in [0.1, 0.15) is 38.5 Å². The van der Waals surface area contributed by atoms with Crippen molar-refractivity contribution in [3.8, 4) is 0 Å². The van der Waals surface area contributed by atoms with E-state index >= 15 is 0 Å². The molecule has 10 heteroatoms. The van der Waals surface area contributed by atoms with E-state index in [-0.39, 0.29) is 36.2 Å². The summed E-state index contributed by atoms with van der Waals surface area (Å²) in [7, 11) is 0. The fraction of sp³-hybridized carbons (Fsp3) is 0.700. The highest BCUT2D eigenvalue weighted by Crippen LogP contribution is 2.26. The molecule has 0 aromatic carbocycles. The predicted octanol–water partition coefficient (Wildman–Crippen LogP) is 0.163. The molecule has 2 aliphatic rings. The van der Waals surface area contributed by atoms with Crippen LogP contribution in [0.5, 0.6) is 0 Å². The maximum absolute atomic E-state index is 12.5. The van der Waals surface area contributed by atoms with Gasteiger partial charge in [-0.2, -0.15) is 0 Å². The van der Waals surface area contributed by atoms with Gasteiger partial charge >= 0.3 is 0 Å². The molecule has 1 aliphatic heterocycles. The number of ether oxygens (including phenoxy) is 1. The van der Waals surface area contributed by atoms with E-state index in [1.165, 1.54) is 0 Å². The minimum absolute atomic E-state index is 0.0119. The topological polar surface area (TPSA) is 143 Å². The number of aryl methyl sites for hydroxylation is 1. The Bertz CT molecular complexity index is 648. The van der Waals surface area contributed by atoms with E-state index in [4.69, 9.17) is 14.6 Å². The molecule has 2 heterocycles. The van der Waals surface area contributed by atoms with Crippen LogP contribution in [0.4, 0.5) is 0 Å². The van der Waals surface area contributed by atoms with Gasteiger partial charge in [-0.05, 0) is 38.5 Å². The number of aliphatic hydroxyl groups is 1. The first-order valence-electron chi connectivity index (χ1n) is 10.4. The van der Waals surface area contributed by atoms with Crippen molar-refractivity contribution in [3.05, 3.63) is 18.7 Å². The number of amides is 2. The highest BCUT2D eigenvalue weighted by molar-refractivity contribution is 5.80. The average Bonchev–Trinajstić information content (AvgIpc) is 3.27. The third-order valence-corrected chi connectivity index (χ3v) is 5.56. The summed E-state index contributed by atoms with van der Waals surface area (Å²) < 4.78 is 7.27. The SMILES string of the molecule is O=C(N[C@@H]1C[C@@H](C(=O)NCCCn2ccnc2)CC[C@H]1O)C1CCOCC1.O=CO. The molecule has 2 amide bonds. The number of aliphatic hydroxyl groups excluding tert-OH is 1. The van der Waals surface area contributed by atoms with Gasteiger partial charge in [-0.1, -0.05) is 0 Å². The number of carbonyl (C=O) groups is 3. The maximum atomic E-state index is 12.5. The third-order valence-electron chi connectivity index (χ3n) is 5.56. The molecule has 0 radical (unpaired) electrons. The molecule has 0 spiro atoms. The van der Waals surface area contributed by atoms with Crippen LogP contribution in [0, 0.1) is 11.8 Å². The minimum Gasteiger partial charge on any atom is -0.483 e. The lowest BCUT2D eigenvalue weighted by molar-refractivity contribution is -0.132. The van der Waals surface area contributed by atoms with Crippen molar-refractivity contribution in [2.45, 2.75) is 57.2 Å². The van der Waals surface area contributed by atoms with Gasteiger partial charge in [-0.25, -0.2) is 4.98 Å². The maximum Gasteiger partial charge on any atom is 0.290 e. The van der Waals surface area contributed by atoms with Gasteiger partial charge in [0.05, 0.1) is 18.5 Å². The average molecular weight is 424 g/mol. The summed E-state index contributed by atoms with van der Waals surface area (Å²) in [6.07, 6.45) is 8.76. The second-order valence-electron chi connectivity index (χ2n) is 7.63. The summed E-state index contributed by atoms with van der Waals surface area (Å²) >= 11 is 0. The van der Waals surface area contributed by atoms with Gasteiger partial charge in [0.25, 0.3) is 6.47 Å². The van der Waals surface area contributed by atoms with E-state index in [9.17, 15) is 14.7 Å². The highest BCUT2D eigenvalue weighted by atomic mass is 16.5. The van der Waals surface area contributed by atoms with E-state index in [1.807, 2.05) is 10.8 Å². The molecule has 168 valence electrons. The van der Waals surface area contributed by atoms with Gasteiger partial charge < -0.3 is 30.2 Å². The van der Waals surface area contributed by atoms with E-state index in [0.29, 0.717) is 39.0 Å².